The van der Waals surface area contributed by atoms with Gasteiger partial charge in [0.15, 0.2) is 0 Å². The number of carbonyl (C=O) groups is 1. The number of fused-ring (bicyclic) bond motifs is 1. The van der Waals surface area contributed by atoms with E-state index in [1.807, 2.05) is 30.3 Å². The number of halogens is 1. The maximum atomic E-state index is 11.0. The van der Waals surface area contributed by atoms with Crippen molar-refractivity contribution in [3.63, 3.8) is 0 Å². The number of nitrogens with zero attached hydrogens (tertiary/aromatic N) is 1. The van der Waals surface area contributed by atoms with Crippen molar-refractivity contribution in [3.05, 3.63) is 69.4 Å². The van der Waals surface area contributed by atoms with E-state index in [1.165, 1.54) is 10.9 Å². The fourth-order valence-electron chi connectivity index (χ4n) is 2.73. The monoisotopic (exact) mass is 405 g/mol. The summed E-state index contributed by atoms with van der Waals surface area (Å²) in [5, 5.41) is 10.2. The lowest BCUT2D eigenvalue weighted by Crippen LogP contribution is -2.07. The summed E-state index contributed by atoms with van der Waals surface area (Å²) in [6, 6.07) is 18.5. The second-order valence-electron chi connectivity index (χ2n) is 5.24. The summed E-state index contributed by atoms with van der Waals surface area (Å²) in [4.78, 5) is 11.0. The first kappa shape index (κ1) is 15.1. The first-order valence-electron chi connectivity index (χ1n) is 7.18. The molecule has 1 N–H and O–H groups in total. The van der Waals surface area contributed by atoms with Gasteiger partial charge in [-0.25, -0.2) is 0 Å². The number of carboxylic acid groups (broad SMARTS) is 1. The number of aromatic nitrogens is 1. The number of hydrogen-bond donors (Lipinski definition) is 1. The van der Waals surface area contributed by atoms with E-state index in [-0.39, 0.29) is 6.42 Å². The Hall–Kier alpha value is -1.82. The van der Waals surface area contributed by atoms with Crippen molar-refractivity contribution in [1.82, 2.24) is 4.57 Å². The van der Waals surface area contributed by atoms with Crippen molar-refractivity contribution in [1.29, 1.82) is 0 Å². The lowest BCUT2D eigenvalue weighted by Gasteiger charge is -2.11. The van der Waals surface area contributed by atoms with Gasteiger partial charge in [-0.3, -0.25) is 4.79 Å². The molecule has 0 aliphatic heterocycles. The molecule has 0 aliphatic carbocycles. The number of carboxylic acids is 1. The van der Waals surface area contributed by atoms with Crippen molar-refractivity contribution in [3.8, 4) is 0 Å². The molecule has 0 aliphatic rings. The van der Waals surface area contributed by atoms with Gasteiger partial charge in [0, 0.05) is 26.7 Å². The molecule has 0 radical (unpaired) electrons. The van der Waals surface area contributed by atoms with E-state index < -0.39 is 5.97 Å². The summed E-state index contributed by atoms with van der Waals surface area (Å²) in [5.41, 5.74) is 3.49. The standard InChI is InChI=1S/C18H16INO2/c19-18-14-8-4-5-9-15(14)20(16(18)10-11-17(21)22)12-13-6-2-1-3-7-13/h1-9H,10-12H2,(H,21,22). The molecule has 22 heavy (non-hydrogen) atoms. The van der Waals surface area contributed by atoms with Crippen LogP contribution in [0.5, 0.6) is 0 Å². The Balaban J connectivity index is 2.08. The second kappa shape index (κ2) is 6.52. The lowest BCUT2D eigenvalue weighted by molar-refractivity contribution is -0.136. The molecule has 4 heteroatoms. The van der Waals surface area contributed by atoms with Crippen LogP contribution in [0.4, 0.5) is 0 Å². The molecule has 0 spiro atoms. The molecule has 0 unspecified atom stereocenters. The molecule has 0 atom stereocenters. The molecule has 0 amide bonds. The highest BCUT2D eigenvalue weighted by molar-refractivity contribution is 14.1. The Morgan fingerprint density at radius 3 is 2.45 bits per heavy atom. The number of aliphatic carboxylic acids is 1. The topological polar surface area (TPSA) is 42.2 Å². The highest BCUT2D eigenvalue weighted by Gasteiger charge is 2.16. The van der Waals surface area contributed by atoms with Crippen LogP contribution in [0.2, 0.25) is 0 Å². The second-order valence-corrected chi connectivity index (χ2v) is 6.32. The fourth-order valence-corrected chi connectivity index (χ4v) is 3.75. The van der Waals surface area contributed by atoms with Gasteiger partial charge in [0.25, 0.3) is 0 Å². The summed E-state index contributed by atoms with van der Waals surface area (Å²) < 4.78 is 3.40. The Morgan fingerprint density at radius 1 is 1.05 bits per heavy atom. The van der Waals surface area contributed by atoms with Crippen LogP contribution >= 0.6 is 22.6 Å². The van der Waals surface area contributed by atoms with Gasteiger partial charge < -0.3 is 9.67 Å². The smallest absolute Gasteiger partial charge is 0.303 e. The van der Waals surface area contributed by atoms with E-state index in [4.69, 9.17) is 5.11 Å². The quantitative estimate of drug-likeness (QED) is 0.643. The van der Waals surface area contributed by atoms with Gasteiger partial charge in [0.2, 0.25) is 0 Å². The van der Waals surface area contributed by atoms with Crippen molar-refractivity contribution < 1.29 is 9.90 Å². The largest absolute Gasteiger partial charge is 0.481 e. The van der Waals surface area contributed by atoms with E-state index in [2.05, 4.69) is 51.4 Å². The van der Waals surface area contributed by atoms with Crippen molar-refractivity contribution in [2.45, 2.75) is 19.4 Å². The summed E-state index contributed by atoms with van der Waals surface area (Å²) in [6.45, 7) is 0.763. The van der Waals surface area contributed by atoms with E-state index in [0.717, 1.165) is 21.3 Å². The molecule has 2 aromatic carbocycles. The van der Waals surface area contributed by atoms with Crippen LogP contribution in [0.1, 0.15) is 17.7 Å². The molecular weight excluding hydrogens is 389 g/mol. The van der Waals surface area contributed by atoms with Crippen LogP contribution in [-0.2, 0) is 17.8 Å². The normalized spacial score (nSPS) is 11.0. The number of rotatable bonds is 5. The molecule has 3 rings (SSSR count). The van der Waals surface area contributed by atoms with Gasteiger partial charge in [0.05, 0.1) is 6.42 Å². The van der Waals surface area contributed by atoms with Crippen LogP contribution < -0.4 is 0 Å². The van der Waals surface area contributed by atoms with Crippen LogP contribution in [-0.4, -0.2) is 15.6 Å². The van der Waals surface area contributed by atoms with Crippen molar-refractivity contribution >= 4 is 39.5 Å². The van der Waals surface area contributed by atoms with Gasteiger partial charge in [-0.1, -0.05) is 48.5 Å². The fraction of sp³-hybridized carbons (Fsp3) is 0.167. The molecule has 1 aromatic heterocycles. The molecule has 0 saturated heterocycles. The first-order valence-corrected chi connectivity index (χ1v) is 8.26. The summed E-state index contributed by atoms with van der Waals surface area (Å²) >= 11 is 2.34. The lowest BCUT2D eigenvalue weighted by atomic mass is 10.2. The zero-order valence-corrected chi connectivity index (χ0v) is 14.2. The molecule has 3 aromatic rings. The Bertz CT molecular complexity index is 809. The zero-order valence-electron chi connectivity index (χ0n) is 12.0. The van der Waals surface area contributed by atoms with E-state index in [9.17, 15) is 4.79 Å². The third-order valence-corrected chi connectivity index (χ3v) is 4.97. The summed E-state index contributed by atoms with van der Waals surface area (Å²) in [5.74, 6) is -0.757. The average molecular weight is 405 g/mol. The molecule has 1 heterocycles. The van der Waals surface area contributed by atoms with Crippen LogP contribution in [0.15, 0.2) is 54.6 Å². The minimum absolute atomic E-state index is 0.154. The predicted molar refractivity (Wildman–Crippen MR) is 96.2 cm³/mol. The van der Waals surface area contributed by atoms with Crippen LogP contribution in [0.25, 0.3) is 10.9 Å². The van der Waals surface area contributed by atoms with Crippen molar-refractivity contribution in [2.75, 3.05) is 0 Å². The Kier molecular flexibility index (Phi) is 4.47. The van der Waals surface area contributed by atoms with Gasteiger partial charge >= 0.3 is 5.97 Å². The van der Waals surface area contributed by atoms with Crippen LogP contribution in [0, 0.1) is 3.57 Å². The van der Waals surface area contributed by atoms with Gasteiger partial charge in [0.1, 0.15) is 0 Å². The zero-order chi connectivity index (χ0) is 15.5. The first-order chi connectivity index (χ1) is 10.7. The van der Waals surface area contributed by atoms with E-state index >= 15 is 0 Å². The minimum Gasteiger partial charge on any atom is -0.481 e. The van der Waals surface area contributed by atoms with Crippen LogP contribution in [0.3, 0.4) is 0 Å². The highest BCUT2D eigenvalue weighted by atomic mass is 127. The average Bonchev–Trinajstić information content (AvgIpc) is 2.79. The van der Waals surface area contributed by atoms with Gasteiger partial charge in [-0.2, -0.15) is 0 Å². The minimum atomic E-state index is -0.757. The summed E-state index contributed by atoms with van der Waals surface area (Å²) in [7, 11) is 0. The van der Waals surface area contributed by atoms with Crippen molar-refractivity contribution in [2.24, 2.45) is 0 Å². The molecule has 3 nitrogen and oxygen atoms in total. The highest BCUT2D eigenvalue weighted by Crippen LogP contribution is 2.29. The SMILES string of the molecule is O=C(O)CCc1c(I)c2ccccc2n1Cc1ccccc1. The van der Waals surface area contributed by atoms with E-state index in [1.54, 1.807) is 0 Å². The molecule has 0 fully saturated rings. The Labute approximate surface area is 142 Å². The number of benzene rings is 2. The number of hydrogen-bond acceptors (Lipinski definition) is 1. The van der Waals surface area contributed by atoms with Gasteiger partial charge in [-0.05, 0) is 40.6 Å². The summed E-state index contributed by atoms with van der Waals surface area (Å²) in [6.07, 6.45) is 0.705. The van der Waals surface area contributed by atoms with E-state index in [0.29, 0.717) is 6.42 Å². The third-order valence-electron chi connectivity index (χ3n) is 3.77. The predicted octanol–water partition coefficient (Wildman–Crippen LogP) is 4.31. The molecular formula is C18H16INO2. The third kappa shape index (κ3) is 3.02. The maximum Gasteiger partial charge on any atom is 0.303 e. The molecule has 112 valence electrons. The van der Waals surface area contributed by atoms with Gasteiger partial charge in [-0.15, -0.1) is 0 Å². The Morgan fingerprint density at radius 2 is 1.73 bits per heavy atom. The number of para-hydroxylation sites is 1. The maximum absolute atomic E-state index is 11.0. The molecule has 0 bridgehead atoms. The molecule has 0 saturated carbocycles.